The van der Waals surface area contributed by atoms with E-state index in [4.69, 9.17) is 4.55 Å². The number of aliphatic hydroxyl groups is 1. The van der Waals surface area contributed by atoms with Gasteiger partial charge in [0.15, 0.2) is 18.9 Å². The zero-order chi connectivity index (χ0) is 10.6. The van der Waals surface area contributed by atoms with Crippen LogP contribution in [-0.4, -0.2) is 29.9 Å². The molecule has 0 spiro atoms. The largest absolute Gasteiger partial charge is 0.385 e. The first-order chi connectivity index (χ1) is 6.47. The van der Waals surface area contributed by atoms with E-state index in [1.54, 1.807) is 29.1 Å². The van der Waals surface area contributed by atoms with Crippen LogP contribution >= 0.6 is 0 Å². The third kappa shape index (κ3) is 4.31. The molecule has 1 atom stereocenters. The second-order valence-corrected chi connectivity index (χ2v) is 4.47. The van der Waals surface area contributed by atoms with Gasteiger partial charge in [0, 0.05) is 12.1 Å². The molecule has 1 rings (SSSR count). The van der Waals surface area contributed by atoms with E-state index in [2.05, 4.69) is 0 Å². The van der Waals surface area contributed by atoms with Gasteiger partial charge in [0.05, 0.1) is 0 Å². The minimum atomic E-state index is -4.11. The SMILES string of the molecule is O=S(=O)(O)C[C@@H](O)C[n+]1ccccc1. The van der Waals surface area contributed by atoms with Crippen molar-refractivity contribution in [3.05, 3.63) is 30.6 Å². The van der Waals surface area contributed by atoms with Crippen LogP contribution in [0.5, 0.6) is 0 Å². The van der Waals surface area contributed by atoms with E-state index < -0.39 is 22.0 Å². The van der Waals surface area contributed by atoms with Crippen molar-refractivity contribution in [2.24, 2.45) is 0 Å². The molecule has 78 valence electrons. The van der Waals surface area contributed by atoms with Gasteiger partial charge in [0.2, 0.25) is 0 Å². The summed E-state index contributed by atoms with van der Waals surface area (Å²) in [5.41, 5.74) is 0. The predicted molar refractivity (Wildman–Crippen MR) is 49.1 cm³/mol. The fourth-order valence-corrected chi connectivity index (χ4v) is 1.69. The molecule has 0 fully saturated rings. The number of hydrogen-bond donors (Lipinski definition) is 2. The lowest BCUT2D eigenvalue weighted by Gasteiger charge is -2.03. The molecule has 0 unspecified atom stereocenters. The van der Waals surface area contributed by atoms with E-state index in [0.717, 1.165) is 0 Å². The van der Waals surface area contributed by atoms with Crippen molar-refractivity contribution < 1.29 is 22.6 Å². The zero-order valence-corrected chi connectivity index (χ0v) is 8.26. The number of hydrogen-bond acceptors (Lipinski definition) is 3. The first kappa shape index (κ1) is 11.1. The van der Waals surface area contributed by atoms with Crippen LogP contribution in [0.15, 0.2) is 30.6 Å². The summed E-state index contributed by atoms with van der Waals surface area (Å²) >= 11 is 0. The predicted octanol–water partition coefficient (Wildman–Crippen LogP) is -0.777. The fourth-order valence-electron chi connectivity index (χ4n) is 1.10. The van der Waals surface area contributed by atoms with Crippen molar-refractivity contribution in [3.8, 4) is 0 Å². The maximum absolute atomic E-state index is 10.4. The molecule has 1 aromatic heterocycles. The molecule has 0 amide bonds. The van der Waals surface area contributed by atoms with Gasteiger partial charge >= 0.3 is 0 Å². The van der Waals surface area contributed by atoms with Crippen molar-refractivity contribution in [3.63, 3.8) is 0 Å². The normalized spacial score (nSPS) is 13.9. The van der Waals surface area contributed by atoms with Crippen molar-refractivity contribution in [2.45, 2.75) is 12.6 Å². The van der Waals surface area contributed by atoms with E-state index in [1.807, 2.05) is 6.07 Å². The maximum Gasteiger partial charge on any atom is 0.267 e. The summed E-state index contributed by atoms with van der Waals surface area (Å²) in [6.07, 6.45) is 2.30. The molecule has 1 aromatic rings. The van der Waals surface area contributed by atoms with Gasteiger partial charge in [-0.1, -0.05) is 6.07 Å². The molecule has 0 saturated heterocycles. The average Bonchev–Trinajstić information content (AvgIpc) is 2.02. The lowest BCUT2D eigenvalue weighted by molar-refractivity contribution is -0.703. The van der Waals surface area contributed by atoms with Crippen molar-refractivity contribution in [1.82, 2.24) is 0 Å². The summed E-state index contributed by atoms with van der Waals surface area (Å²) in [6, 6.07) is 5.34. The molecular weight excluding hydrogens is 206 g/mol. The van der Waals surface area contributed by atoms with Crippen molar-refractivity contribution >= 4 is 10.1 Å². The topological polar surface area (TPSA) is 78.5 Å². The molecule has 0 aromatic carbocycles. The Morgan fingerprint density at radius 1 is 1.21 bits per heavy atom. The van der Waals surface area contributed by atoms with Gasteiger partial charge in [-0.15, -0.1) is 0 Å². The molecule has 0 bridgehead atoms. The van der Waals surface area contributed by atoms with Crippen LogP contribution < -0.4 is 4.57 Å². The summed E-state index contributed by atoms with van der Waals surface area (Å²) in [4.78, 5) is 0. The summed E-state index contributed by atoms with van der Waals surface area (Å²) in [5, 5.41) is 9.28. The molecule has 0 aliphatic heterocycles. The number of pyridine rings is 1. The Morgan fingerprint density at radius 2 is 1.79 bits per heavy atom. The monoisotopic (exact) mass is 218 g/mol. The molecule has 0 aliphatic carbocycles. The second-order valence-electron chi connectivity index (χ2n) is 2.97. The highest BCUT2D eigenvalue weighted by Gasteiger charge is 2.17. The highest BCUT2D eigenvalue weighted by atomic mass is 32.2. The molecule has 5 nitrogen and oxygen atoms in total. The highest BCUT2D eigenvalue weighted by molar-refractivity contribution is 7.85. The Kier molecular flexibility index (Phi) is 3.56. The van der Waals surface area contributed by atoms with Gasteiger partial charge in [-0.05, 0) is 0 Å². The summed E-state index contributed by atoms with van der Waals surface area (Å²) in [5.74, 6) is -0.644. The van der Waals surface area contributed by atoms with Gasteiger partial charge in [-0.2, -0.15) is 8.42 Å². The lowest BCUT2D eigenvalue weighted by atomic mass is 10.4. The third-order valence-corrected chi connectivity index (χ3v) is 2.41. The van der Waals surface area contributed by atoms with Crippen LogP contribution in [0, 0.1) is 0 Å². The van der Waals surface area contributed by atoms with Gasteiger partial charge in [0.1, 0.15) is 11.9 Å². The highest BCUT2D eigenvalue weighted by Crippen LogP contribution is 1.90. The molecular formula is C8H12NO4S+. The van der Waals surface area contributed by atoms with Crippen molar-refractivity contribution in [1.29, 1.82) is 0 Å². The number of nitrogens with zero attached hydrogens (tertiary/aromatic N) is 1. The van der Waals surface area contributed by atoms with E-state index in [9.17, 15) is 13.5 Å². The zero-order valence-electron chi connectivity index (χ0n) is 7.44. The number of aliphatic hydroxyl groups excluding tert-OH is 1. The van der Waals surface area contributed by atoms with Crippen LogP contribution in [0.2, 0.25) is 0 Å². The average molecular weight is 218 g/mol. The fraction of sp³-hybridized carbons (Fsp3) is 0.375. The maximum atomic E-state index is 10.4. The molecule has 2 N–H and O–H groups in total. The van der Waals surface area contributed by atoms with Gasteiger partial charge < -0.3 is 5.11 Å². The van der Waals surface area contributed by atoms with Crippen LogP contribution in [0.4, 0.5) is 0 Å². The molecule has 0 radical (unpaired) electrons. The van der Waals surface area contributed by atoms with Crippen LogP contribution in [-0.2, 0) is 16.7 Å². The second kappa shape index (κ2) is 4.50. The third-order valence-electron chi connectivity index (χ3n) is 1.60. The first-order valence-corrected chi connectivity index (χ1v) is 5.65. The molecule has 6 heteroatoms. The lowest BCUT2D eigenvalue weighted by Crippen LogP contribution is -2.41. The Labute approximate surface area is 82.4 Å². The van der Waals surface area contributed by atoms with Gasteiger partial charge in [0.25, 0.3) is 10.1 Å². The van der Waals surface area contributed by atoms with Crippen molar-refractivity contribution in [2.75, 3.05) is 5.75 Å². The van der Waals surface area contributed by atoms with E-state index in [1.165, 1.54) is 0 Å². The van der Waals surface area contributed by atoms with Crippen LogP contribution in [0.1, 0.15) is 0 Å². The molecule has 0 saturated carbocycles. The Hall–Kier alpha value is -0.980. The van der Waals surface area contributed by atoms with Crippen LogP contribution in [0.25, 0.3) is 0 Å². The number of aromatic nitrogens is 1. The van der Waals surface area contributed by atoms with E-state index in [0.29, 0.717) is 0 Å². The van der Waals surface area contributed by atoms with E-state index in [-0.39, 0.29) is 6.54 Å². The summed E-state index contributed by atoms with van der Waals surface area (Å²) < 4.78 is 30.9. The molecule has 0 aliphatic rings. The standard InChI is InChI=1S/C8H11NO4S/c10-8(7-14(11,12)13)6-9-4-2-1-3-5-9/h1-5,8,10H,6-7H2/p+1/t8-/m0/s1. The van der Waals surface area contributed by atoms with Gasteiger partial charge in [-0.3, -0.25) is 4.55 Å². The smallest absolute Gasteiger partial charge is 0.267 e. The molecule has 14 heavy (non-hydrogen) atoms. The number of rotatable bonds is 4. The van der Waals surface area contributed by atoms with Gasteiger partial charge in [-0.25, -0.2) is 4.57 Å². The summed E-state index contributed by atoms with van der Waals surface area (Å²) in [6.45, 7) is 0.140. The van der Waals surface area contributed by atoms with Crippen LogP contribution in [0.3, 0.4) is 0 Å². The Bertz CT molecular complexity index is 376. The summed E-state index contributed by atoms with van der Waals surface area (Å²) in [7, 11) is -4.11. The minimum Gasteiger partial charge on any atom is -0.385 e. The Morgan fingerprint density at radius 3 is 2.29 bits per heavy atom. The quantitative estimate of drug-likeness (QED) is 0.513. The molecule has 1 heterocycles. The minimum absolute atomic E-state index is 0.140. The Balaban J connectivity index is 2.54. The van der Waals surface area contributed by atoms with E-state index >= 15 is 0 Å². The first-order valence-electron chi connectivity index (χ1n) is 4.05.